The lowest BCUT2D eigenvalue weighted by atomic mass is 10.1. The van der Waals surface area contributed by atoms with E-state index in [9.17, 15) is 4.79 Å². The zero-order chi connectivity index (χ0) is 11.9. The topological polar surface area (TPSA) is 35.6 Å². The molecule has 0 atom stereocenters. The van der Waals surface area contributed by atoms with Crippen LogP contribution in [0.25, 0.3) is 0 Å². The van der Waals surface area contributed by atoms with Crippen molar-refractivity contribution in [2.24, 2.45) is 0 Å². The lowest BCUT2D eigenvalue weighted by Crippen LogP contribution is -2.38. The van der Waals surface area contributed by atoms with Crippen molar-refractivity contribution in [2.45, 2.75) is 32.1 Å². The maximum Gasteiger partial charge on any atom is 0.223 e. The molecule has 0 bridgehead atoms. The van der Waals surface area contributed by atoms with Gasteiger partial charge in [-0.1, -0.05) is 0 Å². The van der Waals surface area contributed by atoms with Gasteiger partial charge >= 0.3 is 0 Å². The summed E-state index contributed by atoms with van der Waals surface area (Å²) >= 11 is 0. The highest BCUT2D eigenvalue weighted by atomic mass is 16.2. The average Bonchev–Trinajstić information content (AvgIpc) is 2.65. The molecule has 0 unspecified atom stereocenters. The number of rotatable bonds is 3. The quantitative estimate of drug-likeness (QED) is 0.787. The van der Waals surface area contributed by atoms with Crippen LogP contribution in [0.3, 0.4) is 0 Å². The summed E-state index contributed by atoms with van der Waals surface area (Å²) in [4.78, 5) is 16.5. The molecule has 0 radical (unpaired) electrons. The molecule has 0 aromatic carbocycles. The van der Waals surface area contributed by atoms with E-state index in [2.05, 4.69) is 15.1 Å². The molecule has 17 heavy (non-hydrogen) atoms. The molecule has 0 aromatic rings. The van der Waals surface area contributed by atoms with Crippen LogP contribution in [0.2, 0.25) is 0 Å². The van der Waals surface area contributed by atoms with Gasteiger partial charge in [-0.3, -0.25) is 4.79 Å². The minimum Gasteiger partial charge on any atom is -0.343 e. The monoisotopic (exact) mass is 239 g/mol. The van der Waals surface area contributed by atoms with Crippen LogP contribution in [0.1, 0.15) is 32.1 Å². The Morgan fingerprint density at radius 1 is 0.941 bits per heavy atom. The highest BCUT2D eigenvalue weighted by Crippen LogP contribution is 2.10. The molecule has 2 heterocycles. The standard InChI is InChI=1S/C13H25N3O/c17-13(16-9-2-1-3-10-16)5-11-15-8-4-6-14-7-12-15/h14H,1-12H2. The molecular weight excluding hydrogens is 214 g/mol. The van der Waals surface area contributed by atoms with Gasteiger partial charge in [-0.2, -0.15) is 0 Å². The molecule has 2 aliphatic rings. The summed E-state index contributed by atoms with van der Waals surface area (Å²) in [5, 5.41) is 3.39. The van der Waals surface area contributed by atoms with Crippen molar-refractivity contribution >= 4 is 5.91 Å². The summed E-state index contributed by atoms with van der Waals surface area (Å²) < 4.78 is 0. The van der Waals surface area contributed by atoms with Gasteiger partial charge in [-0.25, -0.2) is 0 Å². The largest absolute Gasteiger partial charge is 0.343 e. The number of carbonyl (C=O) groups excluding carboxylic acids is 1. The number of piperidine rings is 1. The van der Waals surface area contributed by atoms with E-state index in [0.29, 0.717) is 12.3 Å². The predicted molar refractivity (Wildman–Crippen MR) is 69.0 cm³/mol. The Labute approximate surface area is 104 Å². The van der Waals surface area contributed by atoms with Crippen LogP contribution in [0.4, 0.5) is 0 Å². The van der Waals surface area contributed by atoms with Crippen molar-refractivity contribution < 1.29 is 4.79 Å². The van der Waals surface area contributed by atoms with Crippen molar-refractivity contribution in [1.29, 1.82) is 0 Å². The maximum atomic E-state index is 12.0. The zero-order valence-corrected chi connectivity index (χ0v) is 10.8. The second-order valence-electron chi connectivity index (χ2n) is 5.14. The first-order chi connectivity index (χ1) is 8.36. The minimum atomic E-state index is 0.363. The maximum absolute atomic E-state index is 12.0. The predicted octanol–water partition coefficient (Wildman–Crippen LogP) is 0.684. The second-order valence-corrected chi connectivity index (χ2v) is 5.14. The summed E-state index contributed by atoms with van der Waals surface area (Å²) in [5.74, 6) is 0.363. The number of nitrogens with zero attached hydrogens (tertiary/aromatic N) is 2. The molecule has 4 nitrogen and oxygen atoms in total. The summed E-state index contributed by atoms with van der Waals surface area (Å²) in [6.07, 6.45) is 5.60. The second kappa shape index (κ2) is 6.97. The molecule has 2 rings (SSSR count). The van der Waals surface area contributed by atoms with E-state index in [1.807, 2.05) is 0 Å². The van der Waals surface area contributed by atoms with Gasteiger partial charge in [0.15, 0.2) is 0 Å². The van der Waals surface area contributed by atoms with Crippen LogP contribution in [0, 0.1) is 0 Å². The molecule has 0 spiro atoms. The summed E-state index contributed by atoms with van der Waals surface area (Å²) in [6, 6.07) is 0. The molecule has 2 aliphatic heterocycles. The van der Waals surface area contributed by atoms with Gasteiger partial charge in [0, 0.05) is 39.1 Å². The van der Waals surface area contributed by atoms with Crippen LogP contribution in [-0.4, -0.2) is 61.5 Å². The normalized spacial score (nSPS) is 23.4. The molecule has 1 N–H and O–H groups in total. The van der Waals surface area contributed by atoms with E-state index >= 15 is 0 Å². The van der Waals surface area contributed by atoms with Gasteiger partial charge in [0.05, 0.1) is 0 Å². The van der Waals surface area contributed by atoms with Gasteiger partial charge in [-0.05, 0) is 38.8 Å². The molecular formula is C13H25N3O. The van der Waals surface area contributed by atoms with Crippen LogP contribution < -0.4 is 5.32 Å². The van der Waals surface area contributed by atoms with Gasteiger partial charge in [0.2, 0.25) is 5.91 Å². The Hall–Kier alpha value is -0.610. The van der Waals surface area contributed by atoms with E-state index in [1.54, 1.807) is 0 Å². The number of hydrogen-bond acceptors (Lipinski definition) is 3. The van der Waals surface area contributed by atoms with Crippen molar-refractivity contribution in [3.8, 4) is 0 Å². The first-order valence-corrected chi connectivity index (χ1v) is 7.07. The third kappa shape index (κ3) is 4.28. The molecule has 2 saturated heterocycles. The van der Waals surface area contributed by atoms with Gasteiger partial charge in [-0.15, -0.1) is 0 Å². The Morgan fingerprint density at radius 2 is 1.76 bits per heavy atom. The molecule has 98 valence electrons. The SMILES string of the molecule is O=C(CCN1CCCNCC1)N1CCCCC1. The third-order valence-electron chi connectivity index (χ3n) is 3.78. The van der Waals surface area contributed by atoms with Gasteiger partial charge in [0.1, 0.15) is 0 Å². The third-order valence-corrected chi connectivity index (χ3v) is 3.78. The molecule has 1 amide bonds. The van der Waals surface area contributed by atoms with Crippen LogP contribution in [-0.2, 0) is 4.79 Å². The molecule has 4 heteroatoms. The number of carbonyl (C=O) groups is 1. The Morgan fingerprint density at radius 3 is 2.59 bits per heavy atom. The summed E-state index contributed by atoms with van der Waals surface area (Å²) in [7, 11) is 0. The molecule has 0 aliphatic carbocycles. The first kappa shape index (κ1) is 12.8. The lowest BCUT2D eigenvalue weighted by Gasteiger charge is -2.28. The fourth-order valence-electron chi connectivity index (χ4n) is 2.68. The summed E-state index contributed by atoms with van der Waals surface area (Å²) in [6.45, 7) is 7.33. The van der Waals surface area contributed by atoms with Crippen molar-refractivity contribution in [1.82, 2.24) is 15.1 Å². The van der Waals surface area contributed by atoms with Gasteiger partial charge in [0.25, 0.3) is 0 Å². The van der Waals surface area contributed by atoms with E-state index in [-0.39, 0.29) is 0 Å². The highest BCUT2D eigenvalue weighted by molar-refractivity contribution is 5.76. The zero-order valence-electron chi connectivity index (χ0n) is 10.8. The van der Waals surface area contributed by atoms with E-state index in [4.69, 9.17) is 0 Å². The van der Waals surface area contributed by atoms with Crippen LogP contribution in [0.15, 0.2) is 0 Å². The van der Waals surface area contributed by atoms with Crippen LogP contribution in [0.5, 0.6) is 0 Å². The van der Waals surface area contributed by atoms with E-state index < -0.39 is 0 Å². The number of amides is 1. The van der Waals surface area contributed by atoms with Crippen molar-refractivity contribution in [2.75, 3.05) is 45.8 Å². The van der Waals surface area contributed by atoms with E-state index in [1.165, 1.54) is 25.7 Å². The Kier molecular flexibility index (Phi) is 5.26. The summed E-state index contributed by atoms with van der Waals surface area (Å²) in [5.41, 5.74) is 0. The number of nitrogens with one attached hydrogen (secondary N) is 1. The van der Waals surface area contributed by atoms with Crippen molar-refractivity contribution in [3.63, 3.8) is 0 Å². The Bertz CT molecular complexity index is 231. The average molecular weight is 239 g/mol. The smallest absolute Gasteiger partial charge is 0.223 e. The molecule has 0 aromatic heterocycles. The minimum absolute atomic E-state index is 0.363. The molecule has 2 fully saturated rings. The van der Waals surface area contributed by atoms with Gasteiger partial charge < -0.3 is 15.1 Å². The number of hydrogen-bond donors (Lipinski definition) is 1. The van der Waals surface area contributed by atoms with Crippen molar-refractivity contribution in [3.05, 3.63) is 0 Å². The van der Waals surface area contributed by atoms with Crippen LogP contribution >= 0.6 is 0 Å². The Balaban J connectivity index is 1.67. The fourth-order valence-corrected chi connectivity index (χ4v) is 2.68. The fraction of sp³-hybridized carbons (Fsp3) is 0.923. The lowest BCUT2D eigenvalue weighted by molar-refractivity contribution is -0.132. The highest BCUT2D eigenvalue weighted by Gasteiger charge is 2.17. The van der Waals surface area contributed by atoms with E-state index in [0.717, 1.165) is 45.8 Å². The first-order valence-electron chi connectivity index (χ1n) is 7.07. The number of likely N-dealkylation sites (tertiary alicyclic amines) is 1. The molecule has 0 saturated carbocycles.